The Kier molecular flexibility index (Phi) is 5.67. The Balaban J connectivity index is 1.21. The number of benzene rings is 1. The molecule has 1 radical (unpaired) electrons. The van der Waals surface area contributed by atoms with Crippen molar-refractivity contribution in [2.24, 2.45) is 5.92 Å². The van der Waals surface area contributed by atoms with Gasteiger partial charge in [0.05, 0.1) is 5.69 Å². The van der Waals surface area contributed by atoms with E-state index in [0.717, 1.165) is 62.3 Å². The van der Waals surface area contributed by atoms with E-state index in [1.54, 1.807) is 12.4 Å². The number of aryl methyl sites for hydroxylation is 1. The van der Waals surface area contributed by atoms with Crippen LogP contribution < -0.4 is 9.47 Å². The number of hydrogen-bond donors (Lipinski definition) is 1. The zero-order valence-electron chi connectivity index (χ0n) is 17.3. The summed E-state index contributed by atoms with van der Waals surface area (Å²) in [5.41, 5.74) is 3.08. The highest BCUT2D eigenvalue weighted by Gasteiger charge is 2.25. The van der Waals surface area contributed by atoms with Gasteiger partial charge in [-0.05, 0) is 62.5 Å². The molecule has 159 valence electrons. The highest BCUT2D eigenvalue weighted by molar-refractivity contribution is 5.57. The summed E-state index contributed by atoms with van der Waals surface area (Å²) in [5.74, 6) is 2.24. The van der Waals surface area contributed by atoms with Gasteiger partial charge in [-0.2, -0.15) is 5.10 Å². The Hall–Kier alpha value is -3.19. The van der Waals surface area contributed by atoms with Crippen LogP contribution in [0.4, 0.5) is 0 Å². The minimum absolute atomic E-state index is 0.103. The molecule has 2 aliphatic heterocycles. The third kappa shape index (κ3) is 4.61. The van der Waals surface area contributed by atoms with Crippen molar-refractivity contribution in [2.75, 3.05) is 19.6 Å². The Bertz CT molecular complexity index is 1010. The number of piperidine rings is 1. The molecule has 1 fully saturated rings. The summed E-state index contributed by atoms with van der Waals surface area (Å²) < 4.78 is 12.3. The molecule has 1 saturated heterocycles. The van der Waals surface area contributed by atoms with Crippen LogP contribution in [0.5, 0.6) is 17.4 Å². The summed E-state index contributed by atoms with van der Waals surface area (Å²) in [6.45, 7) is 2.78. The topological polar surface area (TPSA) is 80.3 Å². The fraction of sp³-hybridized carbons (Fsp3) is 0.375. The van der Waals surface area contributed by atoms with E-state index in [2.05, 4.69) is 32.4 Å². The molecule has 1 aromatic carbocycles. The van der Waals surface area contributed by atoms with E-state index < -0.39 is 0 Å². The first-order chi connectivity index (χ1) is 15.3. The van der Waals surface area contributed by atoms with Crippen molar-refractivity contribution in [3.05, 3.63) is 54.4 Å². The quantitative estimate of drug-likeness (QED) is 0.658. The van der Waals surface area contributed by atoms with Gasteiger partial charge in [0.15, 0.2) is 0 Å². The van der Waals surface area contributed by atoms with Gasteiger partial charge < -0.3 is 9.47 Å². The van der Waals surface area contributed by atoms with Crippen LogP contribution in [0.3, 0.4) is 0 Å². The van der Waals surface area contributed by atoms with Gasteiger partial charge in [0.1, 0.15) is 17.6 Å². The van der Waals surface area contributed by atoms with Crippen LogP contribution in [0.1, 0.15) is 24.8 Å². The maximum atomic E-state index is 10.8. The molecule has 2 aromatic heterocycles. The molecular formula is C24H25N4O3. The number of hydrogen-bond acceptors (Lipinski definition) is 6. The fourth-order valence-electron chi connectivity index (χ4n) is 4.26. The van der Waals surface area contributed by atoms with Crippen molar-refractivity contribution in [3.63, 3.8) is 0 Å². The Morgan fingerprint density at radius 3 is 2.81 bits per heavy atom. The van der Waals surface area contributed by atoms with Gasteiger partial charge in [0.2, 0.25) is 12.2 Å². The number of aromatic amines is 1. The summed E-state index contributed by atoms with van der Waals surface area (Å²) in [4.78, 5) is 17.6. The number of likely N-dealkylation sites (tertiary alicyclic amines) is 1. The minimum Gasteiger partial charge on any atom is -0.489 e. The second-order valence-electron chi connectivity index (χ2n) is 8.20. The van der Waals surface area contributed by atoms with E-state index in [1.165, 1.54) is 5.56 Å². The second kappa shape index (κ2) is 8.89. The first kappa shape index (κ1) is 19.8. The zero-order chi connectivity index (χ0) is 21.0. The standard InChI is InChI=1S/C24H25N4O3/c29-16-17-8-11-28(12-9-17)15-21-5-2-18-1-4-20(13-23(18)30-21)31-24-6-3-19(14-25-24)22-7-10-26-27-22/h1,3-4,6-7,10,13-14,17,21H,2,5,8-9,11-12,15H2,(H,26,27). The van der Waals surface area contributed by atoms with Crippen LogP contribution in [-0.4, -0.2) is 52.1 Å². The summed E-state index contributed by atoms with van der Waals surface area (Å²) in [6.07, 6.45) is 9.58. The van der Waals surface area contributed by atoms with E-state index >= 15 is 0 Å². The van der Waals surface area contributed by atoms with Gasteiger partial charge in [0.25, 0.3) is 0 Å². The number of fused-ring (bicyclic) bond motifs is 1. The molecule has 4 heterocycles. The Morgan fingerprint density at radius 2 is 2.06 bits per heavy atom. The largest absolute Gasteiger partial charge is 0.489 e. The normalized spacial score (nSPS) is 19.4. The number of carbonyl (C=O) groups excluding carboxylic acids is 1. The van der Waals surface area contributed by atoms with E-state index in [9.17, 15) is 4.79 Å². The number of H-pyrrole nitrogens is 1. The predicted molar refractivity (Wildman–Crippen MR) is 116 cm³/mol. The second-order valence-corrected chi connectivity index (χ2v) is 8.20. The van der Waals surface area contributed by atoms with Gasteiger partial charge >= 0.3 is 0 Å². The molecule has 0 amide bonds. The number of pyridine rings is 1. The lowest BCUT2D eigenvalue weighted by atomic mass is 9.97. The van der Waals surface area contributed by atoms with E-state index in [1.807, 2.05) is 30.3 Å². The van der Waals surface area contributed by atoms with E-state index in [0.29, 0.717) is 11.6 Å². The predicted octanol–water partition coefficient (Wildman–Crippen LogP) is 3.78. The Morgan fingerprint density at radius 1 is 1.16 bits per heavy atom. The average molecular weight is 417 g/mol. The lowest BCUT2D eigenvalue weighted by Crippen LogP contribution is -2.42. The number of nitrogens with zero attached hydrogens (tertiary/aromatic N) is 3. The van der Waals surface area contributed by atoms with Crippen LogP contribution >= 0.6 is 0 Å². The SMILES string of the molecule is O=[C]C1CCN(CC2CCc3ccc(Oc4ccc(-c5ccn[nH]5)cn4)cc3O2)CC1. The fourth-order valence-corrected chi connectivity index (χ4v) is 4.26. The van der Waals surface area contributed by atoms with E-state index in [4.69, 9.17) is 9.47 Å². The summed E-state index contributed by atoms with van der Waals surface area (Å²) in [6, 6.07) is 11.7. The van der Waals surface area contributed by atoms with E-state index in [-0.39, 0.29) is 12.0 Å². The molecule has 0 spiro atoms. The van der Waals surface area contributed by atoms with Crippen LogP contribution in [0.2, 0.25) is 0 Å². The third-order valence-electron chi connectivity index (χ3n) is 6.05. The summed E-state index contributed by atoms with van der Waals surface area (Å²) in [5, 5.41) is 6.89. The molecular weight excluding hydrogens is 392 g/mol. The van der Waals surface area contributed by atoms with Gasteiger partial charge in [-0.1, -0.05) is 6.07 Å². The van der Waals surface area contributed by atoms with Crippen molar-refractivity contribution < 1.29 is 14.3 Å². The average Bonchev–Trinajstić information content (AvgIpc) is 3.35. The van der Waals surface area contributed by atoms with Gasteiger partial charge in [-0.3, -0.25) is 14.8 Å². The maximum absolute atomic E-state index is 10.8. The van der Waals surface area contributed by atoms with Crippen molar-refractivity contribution >= 4 is 6.29 Å². The van der Waals surface area contributed by atoms with Crippen LogP contribution in [-0.2, 0) is 11.2 Å². The molecule has 0 bridgehead atoms. The number of aromatic nitrogens is 3. The molecule has 2 aliphatic rings. The molecule has 31 heavy (non-hydrogen) atoms. The van der Waals surface area contributed by atoms with Crippen molar-refractivity contribution in [3.8, 4) is 28.6 Å². The first-order valence-corrected chi connectivity index (χ1v) is 10.8. The number of rotatable bonds is 6. The molecule has 1 unspecified atom stereocenters. The monoisotopic (exact) mass is 417 g/mol. The van der Waals surface area contributed by atoms with Gasteiger partial charge in [-0.25, -0.2) is 4.98 Å². The van der Waals surface area contributed by atoms with Crippen molar-refractivity contribution in [1.82, 2.24) is 20.1 Å². The van der Waals surface area contributed by atoms with Crippen molar-refractivity contribution in [2.45, 2.75) is 31.8 Å². The molecule has 7 heteroatoms. The van der Waals surface area contributed by atoms with Crippen LogP contribution in [0.15, 0.2) is 48.8 Å². The van der Waals surface area contributed by atoms with Gasteiger partial charge in [0, 0.05) is 42.6 Å². The summed E-state index contributed by atoms with van der Waals surface area (Å²) in [7, 11) is 0. The van der Waals surface area contributed by atoms with Gasteiger partial charge in [-0.15, -0.1) is 0 Å². The Labute approximate surface area is 181 Å². The molecule has 1 N–H and O–H groups in total. The highest BCUT2D eigenvalue weighted by atomic mass is 16.5. The van der Waals surface area contributed by atoms with Crippen LogP contribution in [0, 0.1) is 5.92 Å². The molecule has 0 aliphatic carbocycles. The molecule has 3 aromatic rings. The van der Waals surface area contributed by atoms with Crippen molar-refractivity contribution in [1.29, 1.82) is 0 Å². The highest BCUT2D eigenvalue weighted by Crippen LogP contribution is 2.33. The third-order valence-corrected chi connectivity index (χ3v) is 6.05. The molecule has 7 nitrogen and oxygen atoms in total. The lowest BCUT2D eigenvalue weighted by Gasteiger charge is -2.34. The first-order valence-electron chi connectivity index (χ1n) is 10.8. The minimum atomic E-state index is 0.103. The summed E-state index contributed by atoms with van der Waals surface area (Å²) >= 11 is 0. The maximum Gasteiger partial charge on any atom is 0.219 e. The van der Waals surface area contributed by atoms with Crippen LogP contribution in [0.25, 0.3) is 11.3 Å². The zero-order valence-corrected chi connectivity index (χ0v) is 17.3. The number of ether oxygens (including phenoxy) is 2. The molecule has 0 saturated carbocycles. The molecule has 5 rings (SSSR count). The lowest BCUT2D eigenvalue weighted by molar-refractivity contribution is 0.0976. The number of nitrogens with one attached hydrogen (secondary N) is 1. The molecule has 1 atom stereocenters. The smallest absolute Gasteiger partial charge is 0.219 e.